The quantitative estimate of drug-likeness (QED) is 0.715. The Hall–Kier alpha value is -1.87. The van der Waals surface area contributed by atoms with Crippen molar-refractivity contribution in [3.8, 4) is 0 Å². The number of sulfone groups is 1. The average Bonchev–Trinajstić information content (AvgIpc) is 3.12. The highest BCUT2D eigenvalue weighted by Crippen LogP contribution is 2.34. The lowest BCUT2D eigenvalue weighted by Crippen LogP contribution is -2.27. The van der Waals surface area contributed by atoms with E-state index in [9.17, 15) is 18.3 Å². The standard InChI is InChI=1S/C20H21ClN2O4S2/c1-20(2,25)19-23-17(11-28-19)12-4-6-13(7-5-12)22-18(24)15-9-8-14(10-16(15)21)29(3,26)27/h4-10,17,25H,11H2,1-3H3,(H,22,24). The van der Waals surface area contributed by atoms with E-state index in [0.29, 0.717) is 10.7 Å². The van der Waals surface area contributed by atoms with Gasteiger partial charge in [-0.15, -0.1) is 11.8 Å². The lowest BCUT2D eigenvalue weighted by atomic mass is 10.1. The van der Waals surface area contributed by atoms with Crippen molar-refractivity contribution >= 4 is 49.8 Å². The normalized spacial score (nSPS) is 17.1. The van der Waals surface area contributed by atoms with Gasteiger partial charge in [0.2, 0.25) is 0 Å². The van der Waals surface area contributed by atoms with E-state index in [4.69, 9.17) is 11.6 Å². The number of carbonyl (C=O) groups excluding carboxylic acids is 1. The fraction of sp³-hybridized carbons (Fsp3) is 0.300. The van der Waals surface area contributed by atoms with Crippen LogP contribution in [0.1, 0.15) is 35.8 Å². The minimum absolute atomic E-state index is 0.0378. The number of aliphatic hydroxyl groups is 1. The zero-order valence-corrected chi connectivity index (χ0v) is 18.5. The van der Waals surface area contributed by atoms with Crippen molar-refractivity contribution in [3.63, 3.8) is 0 Å². The van der Waals surface area contributed by atoms with Gasteiger partial charge in [-0.1, -0.05) is 23.7 Å². The van der Waals surface area contributed by atoms with Gasteiger partial charge in [0.15, 0.2) is 9.84 Å². The molecule has 0 fully saturated rings. The molecule has 1 atom stereocenters. The second-order valence-corrected chi connectivity index (χ2v) is 10.7. The van der Waals surface area contributed by atoms with E-state index >= 15 is 0 Å². The van der Waals surface area contributed by atoms with E-state index in [0.717, 1.165) is 17.6 Å². The van der Waals surface area contributed by atoms with Crippen molar-refractivity contribution in [2.45, 2.75) is 30.4 Å². The summed E-state index contributed by atoms with van der Waals surface area (Å²) in [5, 5.41) is 13.6. The third-order valence-electron chi connectivity index (χ3n) is 4.34. The molecule has 29 heavy (non-hydrogen) atoms. The van der Waals surface area contributed by atoms with Gasteiger partial charge in [0, 0.05) is 17.7 Å². The Morgan fingerprint density at radius 1 is 1.24 bits per heavy atom. The Balaban J connectivity index is 1.72. The first-order valence-corrected chi connectivity index (χ1v) is 12.0. The minimum Gasteiger partial charge on any atom is -0.384 e. The van der Waals surface area contributed by atoms with Gasteiger partial charge in [-0.3, -0.25) is 9.79 Å². The van der Waals surface area contributed by atoms with Crippen LogP contribution in [0.5, 0.6) is 0 Å². The predicted octanol–water partition coefficient (Wildman–Crippen LogP) is 3.95. The summed E-state index contributed by atoms with van der Waals surface area (Å²) in [6, 6.07) is 11.3. The molecule has 9 heteroatoms. The molecular formula is C20H21ClN2O4S2. The summed E-state index contributed by atoms with van der Waals surface area (Å²) in [5.74, 6) is 0.328. The summed E-state index contributed by atoms with van der Waals surface area (Å²) >= 11 is 7.64. The number of amides is 1. The number of thioether (sulfide) groups is 1. The number of rotatable bonds is 5. The van der Waals surface area contributed by atoms with Crippen molar-refractivity contribution in [3.05, 3.63) is 58.6 Å². The topological polar surface area (TPSA) is 95.8 Å². The summed E-state index contributed by atoms with van der Waals surface area (Å²) in [4.78, 5) is 17.1. The number of halogens is 1. The molecule has 0 bridgehead atoms. The second kappa shape index (κ2) is 8.10. The Labute approximate surface area is 179 Å². The molecule has 2 aromatic carbocycles. The smallest absolute Gasteiger partial charge is 0.257 e. The molecule has 2 N–H and O–H groups in total. The Bertz CT molecular complexity index is 1070. The lowest BCUT2D eigenvalue weighted by Gasteiger charge is -2.15. The van der Waals surface area contributed by atoms with Crippen LogP contribution in [0, 0.1) is 0 Å². The van der Waals surface area contributed by atoms with Crippen LogP contribution in [0.4, 0.5) is 5.69 Å². The highest BCUT2D eigenvalue weighted by molar-refractivity contribution is 8.14. The second-order valence-electron chi connectivity index (χ2n) is 7.31. The number of anilines is 1. The summed E-state index contributed by atoms with van der Waals surface area (Å²) < 4.78 is 23.2. The molecule has 1 aliphatic heterocycles. The lowest BCUT2D eigenvalue weighted by molar-refractivity contribution is 0.102. The van der Waals surface area contributed by atoms with Gasteiger partial charge in [0.05, 0.1) is 26.6 Å². The molecule has 1 aliphatic rings. The molecular weight excluding hydrogens is 432 g/mol. The Kier molecular flexibility index (Phi) is 6.10. The highest BCUT2D eigenvalue weighted by Gasteiger charge is 2.29. The number of hydrogen-bond donors (Lipinski definition) is 2. The third kappa shape index (κ3) is 5.19. The molecule has 154 valence electrons. The summed E-state index contributed by atoms with van der Waals surface area (Å²) in [7, 11) is -3.40. The fourth-order valence-electron chi connectivity index (χ4n) is 2.78. The van der Waals surface area contributed by atoms with E-state index in [2.05, 4.69) is 10.3 Å². The van der Waals surface area contributed by atoms with Crippen LogP contribution in [-0.2, 0) is 9.84 Å². The first-order valence-electron chi connectivity index (χ1n) is 8.79. The molecule has 1 heterocycles. The SMILES string of the molecule is CC(C)(O)C1=NC(c2ccc(NC(=O)c3ccc(S(C)(=O)=O)cc3Cl)cc2)CS1. The number of hydrogen-bond acceptors (Lipinski definition) is 6. The van der Waals surface area contributed by atoms with Crippen molar-refractivity contribution in [1.82, 2.24) is 0 Å². The van der Waals surface area contributed by atoms with E-state index in [1.54, 1.807) is 37.7 Å². The van der Waals surface area contributed by atoms with Crippen LogP contribution in [0.25, 0.3) is 0 Å². The van der Waals surface area contributed by atoms with Crippen LogP contribution in [0.15, 0.2) is 52.4 Å². The summed E-state index contributed by atoms with van der Waals surface area (Å²) in [6.45, 7) is 3.43. The van der Waals surface area contributed by atoms with Crippen molar-refractivity contribution in [2.24, 2.45) is 4.99 Å². The molecule has 1 amide bonds. The van der Waals surface area contributed by atoms with E-state index in [1.807, 2.05) is 12.1 Å². The maximum Gasteiger partial charge on any atom is 0.257 e. The third-order valence-corrected chi connectivity index (χ3v) is 7.12. The largest absolute Gasteiger partial charge is 0.384 e. The molecule has 2 aromatic rings. The monoisotopic (exact) mass is 452 g/mol. The Morgan fingerprint density at radius 3 is 2.41 bits per heavy atom. The van der Waals surface area contributed by atoms with Gasteiger partial charge < -0.3 is 10.4 Å². The van der Waals surface area contributed by atoms with E-state index < -0.39 is 21.3 Å². The van der Waals surface area contributed by atoms with Gasteiger partial charge in [0.1, 0.15) is 5.60 Å². The van der Waals surface area contributed by atoms with E-state index in [1.165, 1.54) is 18.2 Å². The van der Waals surface area contributed by atoms with Crippen LogP contribution >= 0.6 is 23.4 Å². The van der Waals surface area contributed by atoms with E-state index in [-0.39, 0.29) is 21.5 Å². The number of nitrogens with one attached hydrogen (secondary N) is 1. The van der Waals surface area contributed by atoms with Gasteiger partial charge >= 0.3 is 0 Å². The summed E-state index contributed by atoms with van der Waals surface area (Å²) in [6.07, 6.45) is 1.08. The first kappa shape index (κ1) is 21.8. The molecule has 0 saturated carbocycles. The van der Waals surface area contributed by atoms with Gasteiger partial charge in [-0.05, 0) is 49.7 Å². The van der Waals surface area contributed by atoms with Crippen LogP contribution < -0.4 is 5.32 Å². The zero-order chi connectivity index (χ0) is 21.4. The summed E-state index contributed by atoms with van der Waals surface area (Å²) in [5.41, 5.74) is 0.818. The molecule has 0 aromatic heterocycles. The van der Waals surface area contributed by atoms with Crippen molar-refractivity contribution in [2.75, 3.05) is 17.3 Å². The number of benzene rings is 2. The minimum atomic E-state index is -3.40. The van der Waals surface area contributed by atoms with Crippen LogP contribution in [0.2, 0.25) is 5.02 Å². The molecule has 0 radical (unpaired) electrons. The number of carbonyl (C=O) groups is 1. The first-order chi connectivity index (χ1) is 13.4. The van der Waals surface area contributed by atoms with Crippen molar-refractivity contribution in [1.29, 1.82) is 0 Å². The van der Waals surface area contributed by atoms with Crippen LogP contribution in [-0.4, -0.2) is 42.1 Å². The molecule has 3 rings (SSSR count). The molecule has 0 aliphatic carbocycles. The van der Waals surface area contributed by atoms with Gasteiger partial charge in [0.25, 0.3) is 5.91 Å². The highest BCUT2D eigenvalue weighted by atomic mass is 35.5. The zero-order valence-electron chi connectivity index (χ0n) is 16.1. The maximum absolute atomic E-state index is 12.5. The molecule has 1 unspecified atom stereocenters. The van der Waals surface area contributed by atoms with Crippen molar-refractivity contribution < 1.29 is 18.3 Å². The molecule has 0 saturated heterocycles. The van der Waals surface area contributed by atoms with Gasteiger partial charge in [-0.25, -0.2) is 8.42 Å². The number of aliphatic imine (C=N–C) groups is 1. The van der Waals surface area contributed by atoms with Crippen LogP contribution in [0.3, 0.4) is 0 Å². The fourth-order valence-corrected chi connectivity index (χ4v) is 4.89. The predicted molar refractivity (Wildman–Crippen MR) is 118 cm³/mol. The molecule has 0 spiro atoms. The average molecular weight is 453 g/mol. The Morgan fingerprint density at radius 2 is 1.90 bits per heavy atom. The maximum atomic E-state index is 12.5. The number of nitrogens with zero attached hydrogens (tertiary/aromatic N) is 1. The van der Waals surface area contributed by atoms with Gasteiger partial charge in [-0.2, -0.15) is 0 Å². The molecule has 6 nitrogen and oxygen atoms in total.